The van der Waals surface area contributed by atoms with Crippen LogP contribution in [0.15, 0.2) is 29.4 Å². The Bertz CT molecular complexity index is 742. The van der Waals surface area contributed by atoms with Crippen LogP contribution in [0.25, 0.3) is 11.4 Å². The number of thioether (sulfide) groups is 1. The Balaban J connectivity index is 1.69. The maximum absolute atomic E-state index is 12.1. The number of carbonyl (C=O) groups is 1. The molecule has 0 unspecified atom stereocenters. The van der Waals surface area contributed by atoms with Gasteiger partial charge in [-0.2, -0.15) is 0 Å². The summed E-state index contributed by atoms with van der Waals surface area (Å²) in [7, 11) is 0. The lowest BCUT2D eigenvalue weighted by molar-refractivity contribution is -0.127. The van der Waals surface area contributed by atoms with E-state index in [4.69, 9.17) is 5.84 Å². The predicted molar refractivity (Wildman–Crippen MR) is 101 cm³/mol. The van der Waals surface area contributed by atoms with Gasteiger partial charge in [-0.05, 0) is 23.8 Å². The molecule has 1 fully saturated rings. The van der Waals surface area contributed by atoms with Gasteiger partial charge >= 0.3 is 0 Å². The van der Waals surface area contributed by atoms with Crippen LogP contribution in [-0.2, 0) is 10.2 Å². The average Bonchev–Trinajstić information content (AvgIpc) is 3.22. The summed E-state index contributed by atoms with van der Waals surface area (Å²) >= 11 is 1.34. The molecule has 1 saturated heterocycles. The molecule has 2 heterocycles. The molecule has 25 heavy (non-hydrogen) atoms. The third-order valence-electron chi connectivity index (χ3n) is 4.46. The van der Waals surface area contributed by atoms with Crippen LogP contribution in [0.4, 0.5) is 0 Å². The molecule has 7 heteroatoms. The van der Waals surface area contributed by atoms with Crippen molar-refractivity contribution < 1.29 is 4.79 Å². The molecule has 134 valence electrons. The monoisotopic (exact) mass is 359 g/mol. The summed E-state index contributed by atoms with van der Waals surface area (Å²) < 4.78 is 1.47. The number of nitrogens with zero attached hydrogens (tertiary/aromatic N) is 4. The first-order valence-corrected chi connectivity index (χ1v) is 9.57. The van der Waals surface area contributed by atoms with Crippen LogP contribution in [0.2, 0.25) is 0 Å². The highest BCUT2D eigenvalue weighted by molar-refractivity contribution is 7.99. The number of nitrogen functional groups attached to an aromatic ring is 1. The Morgan fingerprint density at radius 3 is 2.40 bits per heavy atom. The van der Waals surface area contributed by atoms with E-state index in [1.165, 1.54) is 22.0 Å². The number of hydrogen-bond donors (Lipinski definition) is 1. The first kappa shape index (κ1) is 17.8. The Labute approximate surface area is 152 Å². The van der Waals surface area contributed by atoms with Crippen molar-refractivity contribution >= 4 is 17.7 Å². The quantitative estimate of drug-likeness (QED) is 0.671. The fourth-order valence-corrected chi connectivity index (χ4v) is 3.63. The molecular formula is C18H25N5OS. The van der Waals surface area contributed by atoms with E-state index in [2.05, 4.69) is 43.1 Å². The molecule has 0 atom stereocenters. The van der Waals surface area contributed by atoms with Crippen LogP contribution in [0.1, 0.15) is 39.2 Å². The van der Waals surface area contributed by atoms with Crippen molar-refractivity contribution in [3.8, 4) is 11.4 Å². The van der Waals surface area contributed by atoms with Crippen molar-refractivity contribution in [3.05, 3.63) is 29.8 Å². The van der Waals surface area contributed by atoms with Gasteiger partial charge in [0.2, 0.25) is 11.1 Å². The molecule has 1 aliphatic rings. The highest BCUT2D eigenvalue weighted by Gasteiger charge is 2.20. The van der Waals surface area contributed by atoms with E-state index in [1.54, 1.807) is 0 Å². The fraction of sp³-hybridized carbons (Fsp3) is 0.500. The molecule has 6 nitrogen and oxygen atoms in total. The second kappa shape index (κ2) is 7.07. The molecule has 0 saturated carbocycles. The molecule has 0 radical (unpaired) electrons. The van der Waals surface area contributed by atoms with Crippen molar-refractivity contribution in [2.24, 2.45) is 0 Å². The molecule has 0 spiro atoms. The van der Waals surface area contributed by atoms with Crippen molar-refractivity contribution in [1.29, 1.82) is 0 Å². The Kier molecular flexibility index (Phi) is 5.03. The zero-order valence-electron chi connectivity index (χ0n) is 15.0. The summed E-state index contributed by atoms with van der Waals surface area (Å²) in [5.41, 5.74) is 2.28. The molecule has 1 aromatic heterocycles. The van der Waals surface area contributed by atoms with Gasteiger partial charge in [0.25, 0.3) is 0 Å². The van der Waals surface area contributed by atoms with Crippen LogP contribution in [0.3, 0.4) is 0 Å². The zero-order chi connectivity index (χ0) is 18.0. The SMILES string of the molecule is CC(C)(C)c1ccc(-c2nnc(SCC(=O)N3CCCC3)n2N)cc1. The fourth-order valence-electron chi connectivity index (χ4n) is 2.88. The third kappa shape index (κ3) is 3.98. The van der Waals surface area contributed by atoms with Crippen molar-refractivity contribution in [3.63, 3.8) is 0 Å². The zero-order valence-corrected chi connectivity index (χ0v) is 15.8. The topological polar surface area (TPSA) is 77.0 Å². The van der Waals surface area contributed by atoms with Gasteiger partial charge < -0.3 is 10.7 Å². The number of likely N-dealkylation sites (tertiary alicyclic amines) is 1. The van der Waals surface area contributed by atoms with Crippen LogP contribution in [-0.4, -0.2) is 44.5 Å². The second-order valence-corrected chi connectivity index (χ2v) is 8.32. The molecule has 3 rings (SSSR count). The number of hydrogen-bond acceptors (Lipinski definition) is 5. The first-order valence-electron chi connectivity index (χ1n) is 8.58. The van der Waals surface area contributed by atoms with E-state index in [1.807, 2.05) is 17.0 Å². The molecule has 2 N–H and O–H groups in total. The van der Waals surface area contributed by atoms with Gasteiger partial charge in [0.05, 0.1) is 5.75 Å². The molecule has 0 bridgehead atoms. The number of carbonyl (C=O) groups excluding carboxylic acids is 1. The third-order valence-corrected chi connectivity index (χ3v) is 5.39. The minimum absolute atomic E-state index is 0.103. The van der Waals surface area contributed by atoms with E-state index >= 15 is 0 Å². The summed E-state index contributed by atoms with van der Waals surface area (Å²) in [6, 6.07) is 8.21. The van der Waals surface area contributed by atoms with Crippen molar-refractivity contribution in [1.82, 2.24) is 19.8 Å². The Morgan fingerprint density at radius 2 is 1.80 bits per heavy atom. The predicted octanol–water partition coefficient (Wildman–Crippen LogP) is 2.67. The Morgan fingerprint density at radius 1 is 1.16 bits per heavy atom. The van der Waals surface area contributed by atoms with Crippen LogP contribution < -0.4 is 5.84 Å². The lowest BCUT2D eigenvalue weighted by Gasteiger charge is -2.19. The highest BCUT2D eigenvalue weighted by atomic mass is 32.2. The number of nitrogens with two attached hydrogens (primary N) is 1. The van der Waals surface area contributed by atoms with E-state index in [-0.39, 0.29) is 11.3 Å². The summed E-state index contributed by atoms with van der Waals surface area (Å²) in [5.74, 6) is 7.24. The summed E-state index contributed by atoms with van der Waals surface area (Å²) in [6.45, 7) is 8.26. The number of benzene rings is 1. The standard InChI is InChI=1S/C18H25N5OS/c1-18(2,3)14-8-6-13(7-9-14)16-20-21-17(23(16)19)25-12-15(24)22-10-4-5-11-22/h6-9H,4-5,10-12,19H2,1-3H3. The summed E-state index contributed by atoms with van der Waals surface area (Å²) in [6.07, 6.45) is 2.19. The lowest BCUT2D eigenvalue weighted by Crippen LogP contribution is -2.29. The van der Waals surface area contributed by atoms with E-state index in [0.717, 1.165) is 31.5 Å². The van der Waals surface area contributed by atoms with Gasteiger partial charge in [0.1, 0.15) is 0 Å². The molecular weight excluding hydrogens is 334 g/mol. The van der Waals surface area contributed by atoms with Gasteiger partial charge in [-0.25, -0.2) is 4.68 Å². The normalized spacial score (nSPS) is 14.9. The summed E-state index contributed by atoms with van der Waals surface area (Å²) in [4.78, 5) is 14.0. The van der Waals surface area contributed by atoms with E-state index in [9.17, 15) is 4.79 Å². The van der Waals surface area contributed by atoms with Gasteiger partial charge in [-0.3, -0.25) is 4.79 Å². The highest BCUT2D eigenvalue weighted by Crippen LogP contribution is 2.26. The van der Waals surface area contributed by atoms with Crippen LogP contribution >= 0.6 is 11.8 Å². The van der Waals surface area contributed by atoms with Crippen molar-refractivity contribution in [2.75, 3.05) is 24.7 Å². The van der Waals surface area contributed by atoms with Crippen LogP contribution in [0, 0.1) is 0 Å². The van der Waals surface area contributed by atoms with Gasteiger partial charge in [0, 0.05) is 18.7 Å². The van der Waals surface area contributed by atoms with Gasteiger partial charge in [-0.15, -0.1) is 10.2 Å². The minimum atomic E-state index is 0.103. The number of aromatic nitrogens is 3. The lowest BCUT2D eigenvalue weighted by atomic mass is 9.87. The largest absolute Gasteiger partial charge is 0.342 e. The molecule has 1 amide bonds. The number of amides is 1. The molecule has 0 aliphatic carbocycles. The summed E-state index contributed by atoms with van der Waals surface area (Å²) in [5, 5.41) is 8.90. The van der Waals surface area contributed by atoms with Crippen LogP contribution in [0.5, 0.6) is 0 Å². The molecule has 1 aliphatic heterocycles. The smallest absolute Gasteiger partial charge is 0.233 e. The van der Waals surface area contributed by atoms with E-state index in [0.29, 0.717) is 16.7 Å². The minimum Gasteiger partial charge on any atom is -0.342 e. The Hall–Kier alpha value is -2.02. The maximum atomic E-state index is 12.1. The van der Waals surface area contributed by atoms with Gasteiger partial charge in [0.15, 0.2) is 5.82 Å². The second-order valence-electron chi connectivity index (χ2n) is 7.38. The van der Waals surface area contributed by atoms with Crippen molar-refractivity contribution in [2.45, 2.75) is 44.2 Å². The van der Waals surface area contributed by atoms with E-state index < -0.39 is 0 Å². The maximum Gasteiger partial charge on any atom is 0.233 e. The molecule has 2 aromatic rings. The first-order chi connectivity index (χ1) is 11.9. The number of rotatable bonds is 4. The van der Waals surface area contributed by atoms with Gasteiger partial charge in [-0.1, -0.05) is 56.8 Å². The average molecular weight is 359 g/mol. The molecule has 1 aromatic carbocycles.